The van der Waals surface area contributed by atoms with Gasteiger partial charge in [-0.15, -0.1) is 0 Å². The summed E-state index contributed by atoms with van der Waals surface area (Å²) in [6.07, 6.45) is -8.88. The normalized spacial score (nSPS) is 23.9. The summed E-state index contributed by atoms with van der Waals surface area (Å²) in [5.74, 6) is -0.436. The number of hydrogen-bond acceptors (Lipinski definition) is 14. The molecule has 0 aromatic heterocycles. The van der Waals surface area contributed by atoms with E-state index in [1.807, 2.05) is 243 Å². The van der Waals surface area contributed by atoms with E-state index in [4.69, 9.17) is 47.4 Å². The van der Waals surface area contributed by atoms with Gasteiger partial charge in [0, 0.05) is 18.5 Å². The van der Waals surface area contributed by atoms with E-state index in [-0.39, 0.29) is 76.0 Å². The zero-order valence-electron chi connectivity index (χ0n) is 54.7. The molecular formula is C82H83NO14S. The second-order valence-electron chi connectivity index (χ2n) is 25.6. The third kappa shape index (κ3) is 16.9. The van der Waals surface area contributed by atoms with Crippen LogP contribution in [0.4, 0.5) is 5.69 Å². The van der Waals surface area contributed by atoms with Crippen molar-refractivity contribution in [1.82, 2.24) is 0 Å². The quantitative estimate of drug-likeness (QED) is 0.0391. The van der Waals surface area contributed by atoms with Crippen molar-refractivity contribution >= 4 is 27.2 Å². The fourth-order valence-corrected chi connectivity index (χ4v) is 15.3. The summed E-state index contributed by atoms with van der Waals surface area (Å²) in [7, 11) is -4.25. The molecule has 1 saturated carbocycles. The van der Waals surface area contributed by atoms with E-state index >= 15 is 8.42 Å². The van der Waals surface area contributed by atoms with Crippen molar-refractivity contribution in [3.63, 3.8) is 0 Å². The number of benzene rings is 9. The SMILES string of the molecule is O=C1CCC2(CC1)C(=O)N(c1ccccc1)[C@@H]2c1ccc(S(=O)(=O)C[C@@H]2OC(COCc3ccccc3)[C@@H](O[C@@H]3OC(COCc4ccccc4)[C@H](OCc4ccccc4)[C@@H](OCc4ccccc4)C3OCc3ccccc3)[C@@H](OCc3ccccc3)C2OCc2ccccc2)cc1. The molecule has 9 aromatic rings. The molecule has 4 aliphatic rings. The van der Waals surface area contributed by atoms with E-state index in [0.29, 0.717) is 25.7 Å². The molecule has 1 amide bonds. The van der Waals surface area contributed by atoms with Crippen molar-refractivity contribution in [2.45, 2.75) is 144 Å². The van der Waals surface area contributed by atoms with E-state index in [1.165, 1.54) is 0 Å². The van der Waals surface area contributed by atoms with Gasteiger partial charge in [-0.3, -0.25) is 9.59 Å². The number of ketones is 1. The maximum atomic E-state index is 15.5. The van der Waals surface area contributed by atoms with Crippen LogP contribution in [-0.4, -0.2) is 100 Å². The first-order valence-corrected chi connectivity index (χ1v) is 35.5. The van der Waals surface area contributed by atoms with Crippen molar-refractivity contribution in [2.75, 3.05) is 23.9 Å². The predicted octanol–water partition coefficient (Wildman–Crippen LogP) is 13.9. The van der Waals surface area contributed by atoms with Gasteiger partial charge in [0.25, 0.3) is 0 Å². The summed E-state index contributed by atoms with van der Waals surface area (Å²) < 4.78 is 103. The number of rotatable bonds is 30. The Morgan fingerprint density at radius 3 is 1.14 bits per heavy atom. The molecule has 3 aliphatic heterocycles. The highest BCUT2D eigenvalue weighted by Crippen LogP contribution is 2.59. The number of ether oxygens (including phenoxy) is 10. The second-order valence-corrected chi connectivity index (χ2v) is 27.7. The molecule has 1 aliphatic carbocycles. The van der Waals surface area contributed by atoms with E-state index in [1.54, 1.807) is 29.2 Å². The second kappa shape index (κ2) is 33.0. The van der Waals surface area contributed by atoms with Gasteiger partial charge in [0.15, 0.2) is 16.1 Å². The smallest absolute Gasteiger partial charge is 0.236 e. The van der Waals surface area contributed by atoms with Gasteiger partial charge in [0.2, 0.25) is 5.91 Å². The van der Waals surface area contributed by atoms with Crippen molar-refractivity contribution in [1.29, 1.82) is 0 Å². The number of para-hydroxylation sites is 1. The van der Waals surface area contributed by atoms with Gasteiger partial charge < -0.3 is 52.3 Å². The number of anilines is 1. The number of Topliss-reactive ketones (excluding diaryl/α,β-unsaturated/α-hetero) is 1. The Morgan fingerprint density at radius 1 is 0.378 bits per heavy atom. The van der Waals surface area contributed by atoms with Crippen LogP contribution in [-0.2, 0) is 113 Å². The van der Waals surface area contributed by atoms with E-state index in [9.17, 15) is 9.59 Å². The highest BCUT2D eigenvalue weighted by Gasteiger charge is 2.62. The highest BCUT2D eigenvalue weighted by molar-refractivity contribution is 7.91. The van der Waals surface area contributed by atoms with E-state index in [0.717, 1.165) is 50.2 Å². The largest absolute Gasteiger partial charge is 0.374 e. The molecule has 0 bridgehead atoms. The maximum Gasteiger partial charge on any atom is 0.236 e. The minimum absolute atomic E-state index is 0.0336. The first kappa shape index (κ1) is 68.2. The van der Waals surface area contributed by atoms with Gasteiger partial charge in [0.05, 0.1) is 81.6 Å². The highest BCUT2D eigenvalue weighted by atomic mass is 32.2. The fourth-order valence-electron chi connectivity index (χ4n) is 13.8. The van der Waals surface area contributed by atoms with Crippen molar-refractivity contribution in [3.8, 4) is 0 Å². The first-order chi connectivity index (χ1) is 48.1. The summed E-state index contributed by atoms with van der Waals surface area (Å²) in [4.78, 5) is 28.8. The maximum absolute atomic E-state index is 15.5. The van der Waals surface area contributed by atoms with Gasteiger partial charge in [-0.1, -0.05) is 243 Å². The van der Waals surface area contributed by atoms with Crippen LogP contribution in [0.2, 0.25) is 0 Å². The number of amides is 1. The van der Waals surface area contributed by atoms with Crippen LogP contribution in [0, 0.1) is 5.41 Å². The molecule has 15 nitrogen and oxygen atoms in total. The summed E-state index contributed by atoms with van der Waals surface area (Å²) in [5, 5.41) is 0. The average molecular weight is 1340 g/mol. The molecule has 98 heavy (non-hydrogen) atoms. The molecule has 9 aromatic carbocycles. The molecule has 4 unspecified atom stereocenters. The summed E-state index contributed by atoms with van der Waals surface area (Å²) in [6.45, 7) is 1.09. The minimum Gasteiger partial charge on any atom is -0.374 e. The van der Waals surface area contributed by atoms with Crippen LogP contribution in [0.1, 0.15) is 76.2 Å². The Kier molecular flexibility index (Phi) is 23.0. The number of sulfone groups is 1. The van der Waals surface area contributed by atoms with Crippen molar-refractivity contribution < 1.29 is 65.4 Å². The molecule has 4 fully saturated rings. The summed E-state index contributed by atoms with van der Waals surface area (Å²) in [6, 6.07) is 84.8. The molecule has 0 radical (unpaired) electrons. The molecule has 506 valence electrons. The molecule has 13 rings (SSSR count). The summed E-state index contributed by atoms with van der Waals surface area (Å²) in [5.41, 5.74) is 7.04. The lowest BCUT2D eigenvalue weighted by Crippen LogP contribution is -2.66. The average Bonchev–Trinajstić information content (AvgIpc) is 0.702. The molecule has 11 atom stereocenters. The fraction of sp³-hybridized carbons (Fsp3) is 0.317. The Bertz CT molecular complexity index is 4030. The third-order valence-electron chi connectivity index (χ3n) is 18.9. The number of carbonyl (C=O) groups is 2. The third-order valence-corrected chi connectivity index (χ3v) is 20.7. The molecule has 3 saturated heterocycles. The van der Waals surface area contributed by atoms with Gasteiger partial charge in [-0.2, -0.15) is 0 Å². The minimum atomic E-state index is -4.25. The Balaban J connectivity index is 0.891. The Morgan fingerprint density at radius 2 is 0.724 bits per heavy atom. The van der Waals surface area contributed by atoms with E-state index in [2.05, 4.69) is 0 Å². The number of hydrogen-bond donors (Lipinski definition) is 0. The Labute approximate surface area is 574 Å². The zero-order chi connectivity index (χ0) is 66.9. The first-order valence-electron chi connectivity index (χ1n) is 33.8. The number of β-lactam (4-membered cyclic amide) rings is 1. The van der Waals surface area contributed by atoms with Gasteiger partial charge in [0.1, 0.15) is 60.7 Å². The lowest BCUT2D eigenvalue weighted by atomic mass is 9.60. The predicted molar refractivity (Wildman–Crippen MR) is 371 cm³/mol. The van der Waals surface area contributed by atoms with Crippen molar-refractivity contribution in [2.24, 2.45) is 5.41 Å². The van der Waals surface area contributed by atoms with Crippen LogP contribution in [0.3, 0.4) is 0 Å². The van der Waals surface area contributed by atoms with Crippen LogP contribution in [0.25, 0.3) is 0 Å². The molecular weight excluding hydrogens is 1250 g/mol. The Hall–Kier alpha value is -8.33. The van der Waals surface area contributed by atoms with Gasteiger partial charge in [-0.25, -0.2) is 8.42 Å². The number of nitrogens with zero attached hydrogens (tertiary/aromatic N) is 1. The standard InChI is InChI=1S/C82H83NO14S/c84-68-45-47-82(48-46-68)79(83(81(82)85)67-39-23-8-24-40-67)66-41-43-69(44-42-66)98(86,87)58-72-74(91-52-62-31-15-4-16-32-62)76(92-53-63-33-17-5-18-34-63)75(71(95-72)57-89-50-60-27-11-2-12-28-60)97-80-78(94-55-65-37-21-7-22-38-65)77(93-54-64-35-19-6-20-36-64)73(90-51-61-29-13-3-14-30-61)70(96-80)56-88-49-59-25-9-1-10-26-59/h1-44,70-80H,45-58H2/t70?,71?,72-,73-,74?,75+,76-,77+,78?,79+,80-/m0/s1. The topological polar surface area (TPSA) is 164 Å². The van der Waals surface area contributed by atoms with Crippen LogP contribution >= 0.6 is 0 Å². The van der Waals surface area contributed by atoms with Crippen LogP contribution < -0.4 is 4.90 Å². The van der Waals surface area contributed by atoms with Crippen molar-refractivity contribution in [3.05, 3.63) is 311 Å². The molecule has 1 spiro atoms. The molecule has 0 N–H and O–H groups in total. The monoisotopic (exact) mass is 1340 g/mol. The van der Waals surface area contributed by atoms with Gasteiger partial charge in [-0.05, 0) is 81.6 Å². The summed E-state index contributed by atoms with van der Waals surface area (Å²) >= 11 is 0. The number of carbonyl (C=O) groups excluding carboxylic acids is 2. The zero-order valence-corrected chi connectivity index (χ0v) is 55.5. The van der Waals surface area contributed by atoms with Crippen LogP contribution in [0.5, 0.6) is 0 Å². The van der Waals surface area contributed by atoms with E-state index < -0.39 is 88.3 Å². The lowest BCUT2D eigenvalue weighted by Gasteiger charge is -2.57. The lowest BCUT2D eigenvalue weighted by molar-refractivity contribution is -0.362. The van der Waals surface area contributed by atoms with Crippen LogP contribution in [0.15, 0.2) is 272 Å². The molecule has 3 heterocycles. The van der Waals surface area contributed by atoms with Gasteiger partial charge >= 0.3 is 0 Å². The molecule has 16 heteroatoms.